The maximum Gasteiger partial charge on any atom is 0.243 e. The van der Waals surface area contributed by atoms with Crippen molar-refractivity contribution in [3.05, 3.63) is 12.7 Å². The Kier molecular flexibility index (Phi) is 16.9. The van der Waals surface area contributed by atoms with Gasteiger partial charge >= 0.3 is 0 Å². The second kappa shape index (κ2) is 16.3. The highest BCUT2D eigenvalue weighted by Crippen LogP contribution is 1.90. The highest BCUT2D eigenvalue weighted by molar-refractivity contribution is 5.86. The van der Waals surface area contributed by atoms with E-state index in [2.05, 4.69) is 17.2 Å². The Hall–Kier alpha value is -1.69. The molecule has 0 saturated heterocycles. The Balaban J connectivity index is -0.000000344. The van der Waals surface area contributed by atoms with Crippen molar-refractivity contribution < 1.29 is 22.0 Å². The second-order valence-electron chi connectivity index (χ2n) is 3.65. The van der Waals surface area contributed by atoms with Gasteiger partial charge in [0.25, 0.3) is 0 Å². The number of methoxy groups -OCH3 is 1. The van der Waals surface area contributed by atoms with Crippen molar-refractivity contribution in [2.75, 3.05) is 26.8 Å². The van der Waals surface area contributed by atoms with Crippen molar-refractivity contribution in [2.24, 2.45) is 0 Å². The van der Waals surface area contributed by atoms with E-state index in [0.29, 0.717) is 26.1 Å². The van der Waals surface area contributed by atoms with Crippen molar-refractivity contribution in [1.82, 2.24) is 10.6 Å². The van der Waals surface area contributed by atoms with E-state index in [1.165, 1.54) is 6.08 Å². The highest BCUT2D eigenvalue weighted by Gasteiger charge is 1.99. The number of unbranched alkanes of at least 4 members (excludes halogenated alkanes) is 1. The van der Waals surface area contributed by atoms with E-state index in [0.717, 1.165) is 19.3 Å². The molecular weight excluding hydrogens is 248 g/mol. The molecule has 0 saturated carbocycles. The van der Waals surface area contributed by atoms with Crippen LogP contribution < -0.4 is 10.6 Å². The van der Waals surface area contributed by atoms with Crippen LogP contribution in [-0.2, 0) is 19.1 Å². The Morgan fingerprint density at radius 2 is 1.74 bits per heavy atom. The topological polar surface area (TPSA) is 84.5 Å². The van der Waals surface area contributed by atoms with Crippen LogP contribution >= 0.6 is 0 Å². The summed E-state index contributed by atoms with van der Waals surface area (Å²) in [7, 11) is 1.62. The molecule has 6 nitrogen and oxygen atoms in total. The number of ether oxygens (including phenoxy) is 1. The van der Waals surface area contributed by atoms with Gasteiger partial charge in [-0.05, 0) is 25.3 Å². The first-order valence-electron chi connectivity index (χ1n) is 6.15. The summed E-state index contributed by atoms with van der Waals surface area (Å²) in [6.07, 6.45) is 4.20. The van der Waals surface area contributed by atoms with Crippen LogP contribution in [0.1, 0.15) is 28.5 Å². The van der Waals surface area contributed by atoms with Gasteiger partial charge in [-0.15, -0.1) is 0 Å². The number of nitrogens with one attached hydrogen (secondary N) is 2. The lowest BCUT2D eigenvalue weighted by atomic mass is 10.2. The molecule has 0 rings (SSSR count). The number of carbonyl (C=O) groups is 3. The van der Waals surface area contributed by atoms with Crippen molar-refractivity contribution >= 4 is 18.6 Å². The van der Waals surface area contributed by atoms with E-state index in [1.807, 2.05) is 6.79 Å². The molecule has 0 unspecified atom stereocenters. The molecule has 0 fully saturated rings. The summed E-state index contributed by atoms with van der Waals surface area (Å²) in [6.45, 7) is 7.23. The van der Waals surface area contributed by atoms with Crippen molar-refractivity contribution in [2.45, 2.75) is 25.7 Å². The molecule has 0 aromatic rings. The van der Waals surface area contributed by atoms with E-state index in [9.17, 15) is 9.59 Å². The van der Waals surface area contributed by atoms with E-state index >= 15 is 0 Å². The first-order valence-corrected chi connectivity index (χ1v) is 6.15. The minimum Gasteiger partial charge on any atom is -0.385 e. The van der Waals surface area contributed by atoms with Gasteiger partial charge in [0.1, 0.15) is 6.79 Å². The molecule has 0 aromatic carbocycles. The molecule has 0 bridgehead atoms. The predicted octanol–water partition coefficient (Wildman–Crippen LogP) is 0.919. The monoisotopic (exact) mass is 276 g/mol. The number of amides is 2. The molecule has 2 N–H and O–H groups in total. The summed E-state index contributed by atoms with van der Waals surface area (Å²) in [6, 6.07) is 0. The Morgan fingerprint density at radius 1 is 1.16 bits per heavy atom. The van der Waals surface area contributed by atoms with Gasteiger partial charge in [0, 0.05) is 36.1 Å². The van der Waals surface area contributed by atoms with Crippen LogP contribution in [0.5, 0.6) is 0 Å². The van der Waals surface area contributed by atoms with Crippen LogP contribution in [0, 0.1) is 0 Å². The zero-order chi connectivity index (χ0) is 14.9. The molecule has 114 valence electrons. The number of rotatable bonds is 10. The van der Waals surface area contributed by atoms with Gasteiger partial charge in [0.05, 0.1) is 0 Å². The van der Waals surface area contributed by atoms with Crippen LogP contribution in [0.25, 0.3) is 0 Å². The van der Waals surface area contributed by atoms with Crippen LogP contribution in [0.3, 0.4) is 0 Å². The Bertz CT molecular complexity index is 267. The lowest BCUT2D eigenvalue weighted by Gasteiger charge is -2.05. The van der Waals surface area contributed by atoms with Gasteiger partial charge in [-0.3, -0.25) is 9.59 Å². The van der Waals surface area contributed by atoms with E-state index in [4.69, 9.17) is 9.53 Å². The summed E-state index contributed by atoms with van der Waals surface area (Å²) in [5, 5.41) is 5.49. The van der Waals surface area contributed by atoms with Crippen LogP contribution in [0.15, 0.2) is 12.7 Å². The Labute approximate surface area is 117 Å². The average Bonchev–Trinajstić information content (AvgIpc) is 2.44. The maximum atomic E-state index is 11.3. The third kappa shape index (κ3) is 16.3. The van der Waals surface area contributed by atoms with Gasteiger partial charge in [0.2, 0.25) is 11.8 Å². The molecule has 0 spiro atoms. The third-order valence-electron chi connectivity index (χ3n) is 2.16. The largest absolute Gasteiger partial charge is 0.385 e. The van der Waals surface area contributed by atoms with E-state index in [1.54, 1.807) is 7.11 Å². The van der Waals surface area contributed by atoms with Gasteiger partial charge in [-0.25, -0.2) is 0 Å². The SMILES string of the molecule is C=CC(=O)NCCCCNC(=O)CCCOC.C=O.[HH].[HH]. The molecule has 0 aliphatic rings. The number of hydrogen-bond acceptors (Lipinski definition) is 4. The summed E-state index contributed by atoms with van der Waals surface area (Å²) in [4.78, 5) is 30.0. The number of hydrogen-bond donors (Lipinski definition) is 2. The van der Waals surface area contributed by atoms with Crippen LogP contribution in [0.2, 0.25) is 0 Å². The summed E-state index contributed by atoms with van der Waals surface area (Å²) < 4.78 is 4.85. The molecule has 0 radical (unpaired) electrons. The van der Waals surface area contributed by atoms with Crippen LogP contribution in [0.4, 0.5) is 0 Å². The first kappa shape index (κ1) is 19.6. The molecule has 0 atom stereocenters. The summed E-state index contributed by atoms with van der Waals surface area (Å²) in [5.41, 5.74) is 0. The second-order valence-corrected chi connectivity index (χ2v) is 3.65. The fourth-order valence-corrected chi connectivity index (χ4v) is 1.23. The fraction of sp³-hybridized carbons (Fsp3) is 0.615. The first-order chi connectivity index (χ1) is 9.20. The van der Waals surface area contributed by atoms with Gasteiger partial charge in [0.15, 0.2) is 0 Å². The molecule has 6 heteroatoms. The molecule has 0 aliphatic heterocycles. The molecule has 19 heavy (non-hydrogen) atoms. The molecular formula is C13H28N2O4. The molecule has 2 amide bonds. The lowest BCUT2D eigenvalue weighted by molar-refractivity contribution is -0.121. The zero-order valence-corrected chi connectivity index (χ0v) is 11.6. The number of carbonyl (C=O) groups excluding carboxylic acids is 3. The summed E-state index contributed by atoms with van der Waals surface area (Å²) >= 11 is 0. The van der Waals surface area contributed by atoms with Crippen molar-refractivity contribution in [1.29, 1.82) is 0 Å². The van der Waals surface area contributed by atoms with Gasteiger partial charge in [-0.1, -0.05) is 6.58 Å². The van der Waals surface area contributed by atoms with Crippen LogP contribution in [-0.4, -0.2) is 45.4 Å². The summed E-state index contributed by atoms with van der Waals surface area (Å²) in [5.74, 6) is -0.106. The molecule has 0 aliphatic carbocycles. The van der Waals surface area contributed by atoms with E-state index in [-0.39, 0.29) is 14.7 Å². The lowest BCUT2D eigenvalue weighted by Crippen LogP contribution is -2.26. The van der Waals surface area contributed by atoms with Crippen molar-refractivity contribution in [3.8, 4) is 0 Å². The van der Waals surface area contributed by atoms with E-state index < -0.39 is 0 Å². The standard InChI is InChI=1S/C12H22N2O3.CH2O.2H2/c1-3-11(15)13-8-4-5-9-14-12(16)7-6-10-17-2;1-2;;/h3H,1,4-10H2,2H3,(H,13,15)(H,14,16);1H2;2*1H. The smallest absolute Gasteiger partial charge is 0.243 e. The molecule has 0 aromatic heterocycles. The predicted molar refractivity (Wildman–Crippen MR) is 77.9 cm³/mol. The minimum atomic E-state index is -0.159. The highest BCUT2D eigenvalue weighted by atomic mass is 16.5. The van der Waals surface area contributed by atoms with Gasteiger partial charge in [-0.2, -0.15) is 0 Å². The Morgan fingerprint density at radius 3 is 2.26 bits per heavy atom. The minimum absolute atomic E-state index is 0. The van der Waals surface area contributed by atoms with Gasteiger partial charge < -0.3 is 20.2 Å². The normalized spacial score (nSPS) is 8.89. The quantitative estimate of drug-likeness (QED) is 0.459. The fourth-order valence-electron chi connectivity index (χ4n) is 1.23. The zero-order valence-electron chi connectivity index (χ0n) is 11.6. The third-order valence-corrected chi connectivity index (χ3v) is 2.16. The average molecular weight is 276 g/mol. The molecule has 0 heterocycles. The maximum absolute atomic E-state index is 11.3. The van der Waals surface area contributed by atoms with Crippen molar-refractivity contribution in [3.63, 3.8) is 0 Å².